The highest BCUT2D eigenvalue weighted by atomic mass is 16.4. The maximum atomic E-state index is 13.1. The Kier molecular flexibility index (Phi) is 5.33. The molecule has 0 radical (unpaired) electrons. The Labute approximate surface area is 165 Å². The number of hydrogen-bond donors (Lipinski definition) is 1. The average molecular weight is 389 g/mol. The van der Waals surface area contributed by atoms with Crippen LogP contribution in [0.3, 0.4) is 0 Å². The normalized spacial score (nSPS) is 31.8. The molecule has 1 N–H and O–H groups in total. The molecule has 2 aliphatic heterocycles. The fraction of sp³-hybridized carbons (Fsp3) is 0.714. The average Bonchev–Trinajstić information content (AvgIpc) is 3.03. The number of rotatable bonds is 2. The molecule has 0 spiro atoms. The van der Waals surface area contributed by atoms with Gasteiger partial charge in [-0.3, -0.25) is 9.69 Å². The van der Waals surface area contributed by atoms with E-state index in [9.17, 15) is 14.7 Å². The number of fused-ring (bicyclic) bond motifs is 1. The van der Waals surface area contributed by atoms with Crippen LogP contribution >= 0.6 is 0 Å². The van der Waals surface area contributed by atoms with E-state index in [4.69, 9.17) is 4.42 Å². The van der Waals surface area contributed by atoms with Crippen molar-refractivity contribution in [2.75, 3.05) is 46.3 Å². The fourth-order valence-electron chi connectivity index (χ4n) is 5.35. The minimum absolute atomic E-state index is 0.0567. The Morgan fingerprint density at radius 1 is 1.11 bits per heavy atom. The lowest BCUT2D eigenvalue weighted by Gasteiger charge is -2.44. The fourth-order valence-corrected chi connectivity index (χ4v) is 5.35. The van der Waals surface area contributed by atoms with Crippen LogP contribution in [0.1, 0.15) is 34.5 Å². The van der Waals surface area contributed by atoms with Gasteiger partial charge in [0.25, 0.3) is 5.91 Å². The first-order valence-corrected chi connectivity index (χ1v) is 10.3. The molecule has 3 aliphatic rings. The summed E-state index contributed by atoms with van der Waals surface area (Å²) in [4.78, 5) is 31.3. The van der Waals surface area contributed by atoms with Gasteiger partial charge in [-0.2, -0.15) is 0 Å². The molecule has 4 rings (SSSR count). The molecule has 1 aliphatic carbocycles. The molecule has 0 bridgehead atoms. The van der Waals surface area contributed by atoms with Crippen molar-refractivity contribution in [2.45, 2.75) is 38.8 Å². The number of nitrogens with zero attached hydrogens (tertiary/aromatic N) is 3. The van der Waals surface area contributed by atoms with E-state index in [2.05, 4.69) is 16.8 Å². The summed E-state index contributed by atoms with van der Waals surface area (Å²) in [5, 5.41) is 10.8. The van der Waals surface area contributed by atoms with Gasteiger partial charge in [0.05, 0.1) is 11.7 Å². The van der Waals surface area contributed by atoms with Gasteiger partial charge in [-0.05, 0) is 51.1 Å². The van der Waals surface area contributed by atoms with E-state index in [0.717, 1.165) is 45.6 Å². The molecule has 2 saturated heterocycles. The molecule has 3 heterocycles. The van der Waals surface area contributed by atoms with Crippen molar-refractivity contribution in [3.8, 4) is 0 Å². The Balaban J connectivity index is 1.46. The second kappa shape index (κ2) is 7.61. The summed E-state index contributed by atoms with van der Waals surface area (Å²) in [6.07, 6.45) is 1.38. The molecule has 7 heteroatoms. The van der Waals surface area contributed by atoms with Crippen LogP contribution in [0.4, 0.5) is 0 Å². The zero-order valence-corrected chi connectivity index (χ0v) is 17.1. The Morgan fingerprint density at radius 2 is 1.75 bits per heavy atom. The minimum Gasteiger partial charge on any atom is -0.427 e. The third-order valence-corrected chi connectivity index (χ3v) is 6.95. The molecule has 154 valence electrons. The summed E-state index contributed by atoms with van der Waals surface area (Å²) in [6.45, 7) is 8.94. The number of amides is 1. The predicted octanol–water partition coefficient (Wildman–Crippen LogP) is 0.716. The Hall–Kier alpha value is -1.70. The molecule has 7 nitrogen and oxygen atoms in total. The van der Waals surface area contributed by atoms with Gasteiger partial charge in [0.1, 0.15) is 5.76 Å². The van der Waals surface area contributed by atoms with Crippen molar-refractivity contribution < 1.29 is 14.3 Å². The van der Waals surface area contributed by atoms with Crippen LogP contribution in [-0.2, 0) is 0 Å². The molecule has 0 unspecified atom stereocenters. The monoisotopic (exact) mass is 389 g/mol. The van der Waals surface area contributed by atoms with Gasteiger partial charge >= 0.3 is 5.63 Å². The van der Waals surface area contributed by atoms with Crippen LogP contribution in [-0.4, -0.2) is 84.2 Å². The molecular formula is C21H31N3O4. The quantitative estimate of drug-likeness (QED) is 0.803. The summed E-state index contributed by atoms with van der Waals surface area (Å²) in [6, 6.07) is 1.58. The van der Waals surface area contributed by atoms with E-state index in [-0.39, 0.29) is 18.1 Å². The highest BCUT2D eigenvalue weighted by Crippen LogP contribution is 2.39. The summed E-state index contributed by atoms with van der Waals surface area (Å²) in [5.74, 6) is 1.10. The molecule has 4 atom stereocenters. The number of carbonyl (C=O) groups is 1. The molecule has 1 saturated carbocycles. The number of likely N-dealkylation sites (tertiary alicyclic amines) is 1. The van der Waals surface area contributed by atoms with Crippen LogP contribution in [0.15, 0.2) is 15.3 Å². The number of likely N-dealkylation sites (N-methyl/N-ethyl adjacent to an activating group) is 1. The number of aryl methyl sites for hydroxylation is 2. The number of aliphatic hydroxyl groups is 1. The van der Waals surface area contributed by atoms with Crippen molar-refractivity contribution in [1.82, 2.24) is 14.7 Å². The van der Waals surface area contributed by atoms with Crippen molar-refractivity contribution in [2.24, 2.45) is 11.8 Å². The van der Waals surface area contributed by atoms with Crippen molar-refractivity contribution in [1.29, 1.82) is 0 Å². The third kappa shape index (κ3) is 3.63. The van der Waals surface area contributed by atoms with Gasteiger partial charge in [-0.15, -0.1) is 0 Å². The number of piperazine rings is 1. The van der Waals surface area contributed by atoms with Gasteiger partial charge in [0.15, 0.2) is 0 Å². The van der Waals surface area contributed by atoms with E-state index >= 15 is 0 Å². The van der Waals surface area contributed by atoms with Gasteiger partial charge in [0.2, 0.25) is 0 Å². The van der Waals surface area contributed by atoms with E-state index < -0.39 is 5.63 Å². The molecular weight excluding hydrogens is 358 g/mol. The first-order chi connectivity index (χ1) is 13.3. The van der Waals surface area contributed by atoms with Crippen molar-refractivity contribution in [3.63, 3.8) is 0 Å². The Morgan fingerprint density at radius 3 is 2.39 bits per heavy atom. The molecule has 0 aromatic carbocycles. The summed E-state index contributed by atoms with van der Waals surface area (Å²) < 4.78 is 5.16. The second-order valence-corrected chi connectivity index (χ2v) is 8.86. The van der Waals surface area contributed by atoms with Crippen LogP contribution in [0.5, 0.6) is 0 Å². The van der Waals surface area contributed by atoms with Crippen LogP contribution in [0.25, 0.3) is 0 Å². The highest BCUT2D eigenvalue weighted by Gasteiger charge is 2.45. The largest absolute Gasteiger partial charge is 0.427 e. The lowest BCUT2D eigenvalue weighted by atomic mass is 9.77. The van der Waals surface area contributed by atoms with Crippen molar-refractivity contribution in [3.05, 3.63) is 33.4 Å². The summed E-state index contributed by atoms with van der Waals surface area (Å²) >= 11 is 0. The zero-order valence-electron chi connectivity index (χ0n) is 17.1. The maximum Gasteiger partial charge on any atom is 0.336 e. The number of carbonyl (C=O) groups excluding carboxylic acids is 1. The standard InChI is InChI=1S/C21H31N3O4/c1-13-8-19(26)28-14(2)20(13)21(27)24-11-15-9-17(18(25)10-16(15)12-24)23-6-4-22(3)5-7-23/h8,15-18,25H,4-7,9-12H2,1-3H3/t15-,16+,17-,18-/m1/s1. The van der Waals surface area contributed by atoms with E-state index in [1.807, 2.05) is 4.90 Å². The smallest absolute Gasteiger partial charge is 0.336 e. The van der Waals surface area contributed by atoms with Gasteiger partial charge in [0, 0.05) is 51.4 Å². The molecule has 3 fully saturated rings. The summed E-state index contributed by atoms with van der Waals surface area (Å²) in [7, 11) is 2.14. The third-order valence-electron chi connectivity index (χ3n) is 6.95. The van der Waals surface area contributed by atoms with Gasteiger partial charge in [-0.25, -0.2) is 4.79 Å². The minimum atomic E-state index is -0.417. The highest BCUT2D eigenvalue weighted by molar-refractivity contribution is 5.96. The topological polar surface area (TPSA) is 77.2 Å². The van der Waals surface area contributed by atoms with Crippen LogP contribution < -0.4 is 5.63 Å². The van der Waals surface area contributed by atoms with E-state index in [0.29, 0.717) is 35.3 Å². The van der Waals surface area contributed by atoms with E-state index in [1.54, 1.807) is 13.8 Å². The zero-order chi connectivity index (χ0) is 20.0. The van der Waals surface area contributed by atoms with Crippen LogP contribution in [0, 0.1) is 25.7 Å². The predicted molar refractivity (Wildman–Crippen MR) is 105 cm³/mol. The molecule has 28 heavy (non-hydrogen) atoms. The molecule has 1 aromatic heterocycles. The second-order valence-electron chi connectivity index (χ2n) is 8.86. The molecule has 1 amide bonds. The van der Waals surface area contributed by atoms with Gasteiger partial charge < -0.3 is 19.3 Å². The van der Waals surface area contributed by atoms with Crippen LogP contribution in [0.2, 0.25) is 0 Å². The first kappa shape index (κ1) is 19.6. The number of aliphatic hydroxyl groups excluding tert-OH is 1. The van der Waals surface area contributed by atoms with Crippen molar-refractivity contribution >= 4 is 5.91 Å². The number of hydrogen-bond acceptors (Lipinski definition) is 6. The first-order valence-electron chi connectivity index (χ1n) is 10.3. The van der Waals surface area contributed by atoms with E-state index in [1.165, 1.54) is 6.07 Å². The molecule has 1 aromatic rings. The van der Waals surface area contributed by atoms with Gasteiger partial charge in [-0.1, -0.05) is 0 Å². The maximum absolute atomic E-state index is 13.1. The lowest BCUT2D eigenvalue weighted by Crippen LogP contribution is -2.55. The lowest BCUT2D eigenvalue weighted by molar-refractivity contribution is -0.0249. The SMILES string of the molecule is Cc1cc(=O)oc(C)c1C(=O)N1C[C@H]2C[C@@H](N3CCN(C)CC3)[C@H](O)C[C@H]2C1. The summed E-state index contributed by atoms with van der Waals surface area (Å²) in [5.41, 5.74) is 0.762. The Bertz CT molecular complexity index is 773.